The van der Waals surface area contributed by atoms with Gasteiger partial charge in [-0.3, -0.25) is 9.59 Å². The topological polar surface area (TPSA) is 58.2 Å². The van der Waals surface area contributed by atoms with Crippen molar-refractivity contribution < 1.29 is 9.59 Å². The molecule has 4 nitrogen and oxygen atoms in total. The molecule has 108 valence electrons. The van der Waals surface area contributed by atoms with Crippen LogP contribution in [0.2, 0.25) is 0 Å². The third kappa shape index (κ3) is 4.37. The first kappa shape index (κ1) is 14.6. The Labute approximate surface area is 119 Å². The Hall–Kier alpha value is -1.84. The van der Waals surface area contributed by atoms with E-state index in [1.54, 1.807) is 0 Å². The number of aryl methyl sites for hydroxylation is 1. The van der Waals surface area contributed by atoms with E-state index in [1.165, 1.54) is 6.42 Å². The van der Waals surface area contributed by atoms with E-state index in [2.05, 4.69) is 10.6 Å². The van der Waals surface area contributed by atoms with Gasteiger partial charge in [0, 0.05) is 12.6 Å². The van der Waals surface area contributed by atoms with Crippen molar-refractivity contribution >= 4 is 11.8 Å². The van der Waals surface area contributed by atoms with Crippen molar-refractivity contribution in [3.05, 3.63) is 35.4 Å². The summed E-state index contributed by atoms with van der Waals surface area (Å²) < 4.78 is 0. The zero-order valence-corrected chi connectivity index (χ0v) is 11.9. The summed E-state index contributed by atoms with van der Waals surface area (Å²) >= 11 is 0. The van der Waals surface area contributed by atoms with Gasteiger partial charge in [0.25, 0.3) is 0 Å². The summed E-state index contributed by atoms with van der Waals surface area (Å²) in [4.78, 5) is 23.5. The molecule has 1 aromatic carbocycles. The second-order valence-electron chi connectivity index (χ2n) is 5.48. The number of rotatable bonds is 3. The van der Waals surface area contributed by atoms with Crippen LogP contribution < -0.4 is 10.6 Å². The van der Waals surface area contributed by atoms with Crippen LogP contribution in [0.5, 0.6) is 0 Å². The van der Waals surface area contributed by atoms with Gasteiger partial charge in [-0.15, -0.1) is 0 Å². The molecule has 0 heterocycles. The first-order valence-electron chi connectivity index (χ1n) is 7.29. The first-order chi connectivity index (χ1) is 9.65. The Kier molecular flexibility index (Phi) is 5.16. The molecular formula is C16H22N2O2. The van der Waals surface area contributed by atoms with Gasteiger partial charge in [-0.2, -0.15) is 0 Å². The molecule has 1 aromatic rings. The van der Waals surface area contributed by atoms with E-state index in [0.29, 0.717) is 6.54 Å². The van der Waals surface area contributed by atoms with Crippen molar-refractivity contribution in [2.75, 3.05) is 0 Å². The summed E-state index contributed by atoms with van der Waals surface area (Å²) in [6.07, 6.45) is 5.46. The molecule has 1 aliphatic carbocycles. The normalized spacial score (nSPS) is 15.7. The molecule has 20 heavy (non-hydrogen) atoms. The second-order valence-corrected chi connectivity index (χ2v) is 5.48. The predicted octanol–water partition coefficient (Wildman–Crippen LogP) is 2.06. The van der Waals surface area contributed by atoms with Crippen LogP contribution in [-0.2, 0) is 16.1 Å². The summed E-state index contributed by atoms with van der Waals surface area (Å²) in [5, 5.41) is 5.48. The lowest BCUT2D eigenvalue weighted by atomic mass is 9.95. The van der Waals surface area contributed by atoms with Gasteiger partial charge in [-0.1, -0.05) is 49.1 Å². The molecule has 1 aliphatic rings. The molecular weight excluding hydrogens is 252 g/mol. The zero-order valence-electron chi connectivity index (χ0n) is 11.9. The van der Waals surface area contributed by atoms with Crippen molar-refractivity contribution in [3.63, 3.8) is 0 Å². The number of benzene rings is 1. The van der Waals surface area contributed by atoms with Crippen molar-refractivity contribution in [2.24, 2.45) is 0 Å². The van der Waals surface area contributed by atoms with Gasteiger partial charge in [0.05, 0.1) is 0 Å². The number of hydrogen-bond donors (Lipinski definition) is 2. The lowest BCUT2D eigenvalue weighted by Gasteiger charge is -2.22. The minimum absolute atomic E-state index is 0.168. The van der Waals surface area contributed by atoms with Crippen LogP contribution in [0.3, 0.4) is 0 Å². The van der Waals surface area contributed by atoms with Gasteiger partial charge >= 0.3 is 11.8 Å². The van der Waals surface area contributed by atoms with E-state index in [4.69, 9.17) is 0 Å². The molecule has 1 fully saturated rings. The van der Waals surface area contributed by atoms with E-state index in [1.807, 2.05) is 31.2 Å². The van der Waals surface area contributed by atoms with E-state index >= 15 is 0 Å². The van der Waals surface area contributed by atoms with Crippen molar-refractivity contribution in [1.29, 1.82) is 0 Å². The van der Waals surface area contributed by atoms with Gasteiger partial charge < -0.3 is 10.6 Å². The quantitative estimate of drug-likeness (QED) is 0.829. The minimum Gasteiger partial charge on any atom is -0.345 e. The van der Waals surface area contributed by atoms with E-state index < -0.39 is 11.8 Å². The van der Waals surface area contributed by atoms with Crippen LogP contribution in [0, 0.1) is 6.92 Å². The maximum atomic E-state index is 11.8. The van der Waals surface area contributed by atoms with Crippen LogP contribution in [0.1, 0.15) is 43.2 Å². The molecule has 0 spiro atoms. The monoisotopic (exact) mass is 274 g/mol. The Bertz CT molecular complexity index is 479. The standard InChI is InChI=1S/C16H22N2O2/c1-12-6-5-7-13(10-12)11-17-15(19)16(20)18-14-8-3-2-4-9-14/h5-7,10,14H,2-4,8-9,11H2,1H3,(H,17,19)(H,18,20). The van der Waals surface area contributed by atoms with Gasteiger partial charge in [-0.25, -0.2) is 0 Å². The molecule has 2 amide bonds. The molecule has 0 unspecified atom stereocenters. The van der Waals surface area contributed by atoms with E-state index in [9.17, 15) is 9.59 Å². The summed E-state index contributed by atoms with van der Waals surface area (Å²) in [7, 11) is 0. The lowest BCUT2D eigenvalue weighted by molar-refractivity contribution is -0.139. The lowest BCUT2D eigenvalue weighted by Crippen LogP contribution is -2.45. The molecule has 0 saturated heterocycles. The Morgan fingerprint density at radius 2 is 1.90 bits per heavy atom. The molecule has 0 atom stereocenters. The highest BCUT2D eigenvalue weighted by Gasteiger charge is 2.19. The Balaban J connectivity index is 1.77. The summed E-state index contributed by atoms with van der Waals surface area (Å²) in [5.41, 5.74) is 2.15. The van der Waals surface area contributed by atoms with E-state index in [-0.39, 0.29) is 6.04 Å². The van der Waals surface area contributed by atoms with Crippen LogP contribution in [0.4, 0.5) is 0 Å². The zero-order chi connectivity index (χ0) is 14.4. The molecule has 2 N–H and O–H groups in total. The Morgan fingerprint density at radius 1 is 1.15 bits per heavy atom. The smallest absolute Gasteiger partial charge is 0.309 e. The first-order valence-corrected chi connectivity index (χ1v) is 7.29. The Morgan fingerprint density at radius 3 is 2.60 bits per heavy atom. The highest BCUT2D eigenvalue weighted by atomic mass is 16.2. The molecule has 1 saturated carbocycles. The van der Waals surface area contributed by atoms with Crippen LogP contribution in [0.25, 0.3) is 0 Å². The molecule has 0 bridgehead atoms. The maximum absolute atomic E-state index is 11.8. The second kappa shape index (κ2) is 7.08. The number of nitrogens with one attached hydrogen (secondary N) is 2. The molecule has 2 rings (SSSR count). The van der Waals surface area contributed by atoms with Crippen LogP contribution >= 0.6 is 0 Å². The highest BCUT2D eigenvalue weighted by molar-refractivity contribution is 6.35. The number of hydrogen-bond acceptors (Lipinski definition) is 2. The fourth-order valence-corrected chi connectivity index (χ4v) is 2.58. The maximum Gasteiger partial charge on any atom is 0.309 e. The average Bonchev–Trinajstić information content (AvgIpc) is 2.46. The molecule has 4 heteroatoms. The van der Waals surface area contributed by atoms with Gasteiger partial charge in [0.2, 0.25) is 0 Å². The van der Waals surface area contributed by atoms with Crippen LogP contribution in [-0.4, -0.2) is 17.9 Å². The van der Waals surface area contributed by atoms with Crippen LogP contribution in [0.15, 0.2) is 24.3 Å². The number of carbonyl (C=O) groups is 2. The number of carbonyl (C=O) groups excluding carboxylic acids is 2. The SMILES string of the molecule is Cc1cccc(CNC(=O)C(=O)NC2CCCCC2)c1. The fourth-order valence-electron chi connectivity index (χ4n) is 2.58. The molecule has 0 aliphatic heterocycles. The molecule has 0 aromatic heterocycles. The largest absolute Gasteiger partial charge is 0.345 e. The van der Waals surface area contributed by atoms with Crippen molar-refractivity contribution in [3.8, 4) is 0 Å². The number of amides is 2. The summed E-state index contributed by atoms with van der Waals surface area (Å²) in [6, 6.07) is 8.05. The van der Waals surface area contributed by atoms with Gasteiger partial charge in [0.15, 0.2) is 0 Å². The molecule has 0 radical (unpaired) electrons. The summed E-state index contributed by atoms with van der Waals surface area (Å²) in [5.74, 6) is -1.05. The highest BCUT2D eigenvalue weighted by Crippen LogP contribution is 2.17. The van der Waals surface area contributed by atoms with Crippen molar-refractivity contribution in [2.45, 2.75) is 51.6 Å². The predicted molar refractivity (Wildman–Crippen MR) is 78.0 cm³/mol. The third-order valence-corrected chi connectivity index (χ3v) is 3.68. The average molecular weight is 274 g/mol. The van der Waals surface area contributed by atoms with E-state index in [0.717, 1.165) is 36.8 Å². The minimum atomic E-state index is -0.544. The summed E-state index contributed by atoms with van der Waals surface area (Å²) in [6.45, 7) is 2.39. The van der Waals surface area contributed by atoms with Gasteiger partial charge in [-0.05, 0) is 25.3 Å². The fraction of sp³-hybridized carbons (Fsp3) is 0.500. The van der Waals surface area contributed by atoms with Crippen molar-refractivity contribution in [1.82, 2.24) is 10.6 Å². The third-order valence-electron chi connectivity index (χ3n) is 3.68. The van der Waals surface area contributed by atoms with Gasteiger partial charge in [0.1, 0.15) is 0 Å².